The van der Waals surface area contributed by atoms with Gasteiger partial charge in [0.1, 0.15) is 5.69 Å². The fraction of sp³-hybridized carbons (Fsp3) is 0.412. The third kappa shape index (κ3) is 2.76. The summed E-state index contributed by atoms with van der Waals surface area (Å²) >= 11 is 0. The number of hydrogen-bond acceptors (Lipinski definition) is 4. The van der Waals surface area contributed by atoms with Crippen LogP contribution in [-0.2, 0) is 0 Å². The largest absolute Gasteiger partial charge is 0.350 e. The minimum absolute atomic E-state index is 0.0910. The Morgan fingerprint density at radius 2 is 2.05 bits per heavy atom. The molecule has 116 valence electrons. The van der Waals surface area contributed by atoms with Crippen molar-refractivity contribution in [3.05, 3.63) is 41.7 Å². The molecular weight excluding hydrogens is 278 g/mol. The zero-order valence-corrected chi connectivity index (χ0v) is 13.2. The zero-order valence-electron chi connectivity index (χ0n) is 13.2. The van der Waals surface area contributed by atoms with Crippen LogP contribution in [0.2, 0.25) is 0 Å². The van der Waals surface area contributed by atoms with E-state index in [0.29, 0.717) is 18.0 Å². The zero-order chi connectivity index (χ0) is 15.7. The van der Waals surface area contributed by atoms with E-state index in [1.807, 2.05) is 43.0 Å². The SMILES string of the molecule is Cc1ccc(-c2cc(C(=O)N3CCNC(C)C3C)on2)cc1. The Morgan fingerprint density at radius 3 is 2.77 bits per heavy atom. The molecule has 1 saturated heterocycles. The first-order valence-electron chi connectivity index (χ1n) is 7.64. The number of amides is 1. The summed E-state index contributed by atoms with van der Waals surface area (Å²) in [6, 6.07) is 10.1. The molecule has 2 aromatic rings. The highest BCUT2D eigenvalue weighted by Gasteiger charge is 2.30. The van der Waals surface area contributed by atoms with Crippen LogP contribution < -0.4 is 5.32 Å². The first-order valence-corrected chi connectivity index (χ1v) is 7.64. The number of nitrogens with one attached hydrogen (secondary N) is 1. The maximum Gasteiger partial charge on any atom is 0.292 e. The average Bonchev–Trinajstić information content (AvgIpc) is 3.00. The second kappa shape index (κ2) is 5.93. The van der Waals surface area contributed by atoms with Crippen LogP contribution in [0, 0.1) is 6.92 Å². The van der Waals surface area contributed by atoms with E-state index in [2.05, 4.69) is 17.4 Å². The molecule has 1 aromatic heterocycles. The highest BCUT2D eigenvalue weighted by Crippen LogP contribution is 2.21. The normalized spacial score (nSPS) is 21.9. The summed E-state index contributed by atoms with van der Waals surface area (Å²) in [5, 5.41) is 7.40. The van der Waals surface area contributed by atoms with Crippen LogP contribution in [-0.4, -0.2) is 41.1 Å². The number of carbonyl (C=O) groups is 1. The van der Waals surface area contributed by atoms with Crippen LogP contribution in [0.5, 0.6) is 0 Å². The molecular formula is C17H21N3O2. The van der Waals surface area contributed by atoms with Gasteiger partial charge in [0.05, 0.1) is 0 Å². The van der Waals surface area contributed by atoms with Gasteiger partial charge in [-0.25, -0.2) is 0 Å². The summed E-state index contributed by atoms with van der Waals surface area (Å²) in [5.74, 6) is 0.211. The number of rotatable bonds is 2. The predicted molar refractivity (Wildman–Crippen MR) is 84.6 cm³/mol. The van der Waals surface area contributed by atoms with Crippen LogP contribution in [0.1, 0.15) is 30.0 Å². The van der Waals surface area contributed by atoms with Gasteiger partial charge in [-0.05, 0) is 20.8 Å². The number of aryl methyl sites for hydroxylation is 1. The molecule has 0 bridgehead atoms. The number of hydrogen-bond donors (Lipinski definition) is 1. The van der Waals surface area contributed by atoms with E-state index in [4.69, 9.17) is 4.52 Å². The lowest BCUT2D eigenvalue weighted by atomic mass is 10.1. The van der Waals surface area contributed by atoms with Crippen LogP contribution in [0.15, 0.2) is 34.9 Å². The van der Waals surface area contributed by atoms with Crippen LogP contribution in [0.3, 0.4) is 0 Å². The van der Waals surface area contributed by atoms with Crippen molar-refractivity contribution in [2.45, 2.75) is 32.9 Å². The molecule has 1 aliphatic rings. The number of carbonyl (C=O) groups excluding carboxylic acids is 1. The summed E-state index contributed by atoms with van der Waals surface area (Å²) in [5.41, 5.74) is 2.83. The summed E-state index contributed by atoms with van der Waals surface area (Å²) in [7, 11) is 0. The highest BCUT2D eigenvalue weighted by molar-refractivity contribution is 5.92. The van der Waals surface area contributed by atoms with Crippen molar-refractivity contribution in [2.75, 3.05) is 13.1 Å². The lowest BCUT2D eigenvalue weighted by Crippen LogP contribution is -2.57. The van der Waals surface area contributed by atoms with Gasteiger partial charge in [-0.2, -0.15) is 0 Å². The molecule has 0 spiro atoms. The van der Waals surface area contributed by atoms with Gasteiger partial charge in [0.15, 0.2) is 0 Å². The molecule has 5 nitrogen and oxygen atoms in total. The van der Waals surface area contributed by atoms with Gasteiger partial charge in [-0.1, -0.05) is 35.0 Å². The van der Waals surface area contributed by atoms with Crippen molar-refractivity contribution in [3.63, 3.8) is 0 Å². The third-order valence-electron chi connectivity index (χ3n) is 4.36. The monoisotopic (exact) mass is 299 g/mol. The van der Waals surface area contributed by atoms with Gasteiger partial charge >= 0.3 is 0 Å². The topological polar surface area (TPSA) is 58.4 Å². The first-order chi connectivity index (χ1) is 10.6. The molecule has 1 aromatic carbocycles. The molecule has 2 unspecified atom stereocenters. The van der Waals surface area contributed by atoms with Crippen LogP contribution in [0.4, 0.5) is 0 Å². The molecule has 0 saturated carbocycles. The summed E-state index contributed by atoms with van der Waals surface area (Å²) in [6.45, 7) is 7.66. The second-order valence-corrected chi connectivity index (χ2v) is 5.92. The molecule has 3 rings (SSSR count). The number of nitrogens with zero attached hydrogens (tertiary/aromatic N) is 2. The summed E-state index contributed by atoms with van der Waals surface area (Å²) in [6.07, 6.45) is 0. The Kier molecular flexibility index (Phi) is 3.98. The van der Waals surface area contributed by atoms with Crippen molar-refractivity contribution in [2.24, 2.45) is 0 Å². The van der Waals surface area contributed by atoms with Crippen molar-refractivity contribution >= 4 is 5.91 Å². The smallest absolute Gasteiger partial charge is 0.292 e. The maximum atomic E-state index is 12.6. The van der Waals surface area contributed by atoms with Gasteiger partial charge in [0.2, 0.25) is 5.76 Å². The van der Waals surface area contributed by atoms with Crippen molar-refractivity contribution in [1.29, 1.82) is 0 Å². The fourth-order valence-corrected chi connectivity index (χ4v) is 2.72. The van der Waals surface area contributed by atoms with Gasteiger partial charge in [0, 0.05) is 36.8 Å². The summed E-state index contributed by atoms with van der Waals surface area (Å²) < 4.78 is 5.29. The van der Waals surface area contributed by atoms with Gasteiger partial charge in [-0.15, -0.1) is 0 Å². The van der Waals surface area contributed by atoms with E-state index in [1.54, 1.807) is 6.07 Å². The Labute approximate surface area is 130 Å². The van der Waals surface area contributed by atoms with Crippen molar-refractivity contribution in [3.8, 4) is 11.3 Å². The van der Waals surface area contributed by atoms with Crippen LogP contribution >= 0.6 is 0 Å². The number of benzene rings is 1. The molecule has 5 heteroatoms. The quantitative estimate of drug-likeness (QED) is 0.925. The van der Waals surface area contributed by atoms with Gasteiger partial charge in [0.25, 0.3) is 5.91 Å². The Morgan fingerprint density at radius 1 is 1.32 bits per heavy atom. The molecule has 0 radical (unpaired) electrons. The van der Waals surface area contributed by atoms with Crippen molar-refractivity contribution < 1.29 is 9.32 Å². The Hall–Kier alpha value is -2.14. The Bertz CT molecular complexity index is 663. The molecule has 0 aliphatic carbocycles. The van der Waals surface area contributed by atoms with Gasteiger partial charge in [-0.3, -0.25) is 4.79 Å². The van der Waals surface area contributed by atoms with E-state index in [-0.39, 0.29) is 18.0 Å². The molecule has 1 amide bonds. The molecule has 2 atom stereocenters. The Balaban J connectivity index is 1.81. The first kappa shape index (κ1) is 14.8. The minimum atomic E-state index is -0.0910. The summed E-state index contributed by atoms with van der Waals surface area (Å²) in [4.78, 5) is 14.5. The number of piperazine rings is 1. The maximum absolute atomic E-state index is 12.6. The number of aromatic nitrogens is 1. The molecule has 22 heavy (non-hydrogen) atoms. The highest BCUT2D eigenvalue weighted by atomic mass is 16.5. The van der Waals surface area contributed by atoms with E-state index in [9.17, 15) is 4.79 Å². The third-order valence-corrected chi connectivity index (χ3v) is 4.36. The molecule has 1 aliphatic heterocycles. The lowest BCUT2D eigenvalue weighted by molar-refractivity contribution is 0.0561. The van der Waals surface area contributed by atoms with E-state index < -0.39 is 0 Å². The van der Waals surface area contributed by atoms with Gasteiger partial charge < -0.3 is 14.7 Å². The second-order valence-electron chi connectivity index (χ2n) is 5.92. The fourth-order valence-electron chi connectivity index (χ4n) is 2.72. The average molecular weight is 299 g/mol. The van der Waals surface area contributed by atoms with E-state index in [0.717, 1.165) is 12.1 Å². The lowest BCUT2D eigenvalue weighted by Gasteiger charge is -2.37. The molecule has 1 fully saturated rings. The van der Waals surface area contributed by atoms with Crippen LogP contribution in [0.25, 0.3) is 11.3 Å². The molecule has 2 heterocycles. The van der Waals surface area contributed by atoms with E-state index >= 15 is 0 Å². The predicted octanol–water partition coefficient (Wildman–Crippen LogP) is 2.47. The molecule has 1 N–H and O–H groups in total. The standard InChI is InChI=1S/C17H21N3O2/c1-11-4-6-14(7-5-11)15-10-16(22-19-15)17(21)20-9-8-18-12(2)13(20)3/h4-7,10,12-13,18H,8-9H2,1-3H3. The van der Waals surface area contributed by atoms with E-state index in [1.165, 1.54) is 5.56 Å². The minimum Gasteiger partial charge on any atom is -0.350 e. The van der Waals surface area contributed by atoms with Crippen molar-refractivity contribution in [1.82, 2.24) is 15.4 Å².